The third kappa shape index (κ3) is 9.32. The molecule has 1 aliphatic rings. The van der Waals surface area contributed by atoms with Crippen molar-refractivity contribution in [1.82, 2.24) is 39.0 Å². The van der Waals surface area contributed by atoms with Gasteiger partial charge in [0.05, 0.1) is 22.1 Å². The van der Waals surface area contributed by atoms with Crippen molar-refractivity contribution in [2.75, 3.05) is 22.1 Å². The van der Waals surface area contributed by atoms with Crippen molar-refractivity contribution in [3.05, 3.63) is 120 Å². The first-order valence-corrected chi connectivity index (χ1v) is 18.7. The van der Waals surface area contributed by atoms with Crippen molar-refractivity contribution in [2.45, 2.75) is 45.3 Å². The first-order chi connectivity index (χ1) is 29.4. The van der Waals surface area contributed by atoms with Crippen molar-refractivity contribution < 1.29 is 35.8 Å². The molecule has 1 aliphatic carbocycles. The fourth-order valence-corrected chi connectivity index (χ4v) is 6.42. The van der Waals surface area contributed by atoms with E-state index in [4.69, 9.17) is 11.5 Å². The minimum absolute atomic E-state index is 0.0398. The first kappa shape index (κ1) is 40.2. The van der Waals surface area contributed by atoms with E-state index in [0.29, 0.717) is 57.3 Å². The summed E-state index contributed by atoms with van der Waals surface area (Å²) in [7, 11) is 0. The lowest BCUT2D eigenvalue weighted by Gasteiger charge is -2.12. The van der Waals surface area contributed by atoms with Crippen LogP contribution in [-0.4, -0.2) is 52.3 Å². The molecule has 0 saturated heterocycles. The van der Waals surface area contributed by atoms with Crippen LogP contribution < -0.4 is 31.6 Å². The second-order valence-electron chi connectivity index (χ2n) is 13.6. The molecule has 1 fully saturated rings. The number of rotatable bonds is 12. The summed E-state index contributed by atoms with van der Waals surface area (Å²) < 4.78 is 89.1. The molecule has 1 saturated carbocycles. The molecule has 0 spiro atoms. The van der Waals surface area contributed by atoms with E-state index in [1.54, 1.807) is 51.6 Å². The summed E-state index contributed by atoms with van der Waals surface area (Å²) in [6.07, 6.45) is 2.56. The second kappa shape index (κ2) is 16.9. The highest BCUT2D eigenvalue weighted by molar-refractivity contribution is 5.79. The quantitative estimate of drug-likeness (QED) is 0.0858. The number of anilines is 6. The second-order valence-corrected chi connectivity index (χ2v) is 13.6. The number of fused-ring (bicyclic) bond motifs is 2. The van der Waals surface area contributed by atoms with Crippen molar-refractivity contribution in [3.8, 4) is 23.4 Å². The monoisotopic (exact) mass is 840 g/mol. The summed E-state index contributed by atoms with van der Waals surface area (Å²) in [5.41, 5.74) is 15.5. The van der Waals surface area contributed by atoms with Crippen LogP contribution in [-0.2, 0) is 6.42 Å². The lowest BCUT2D eigenvalue weighted by Crippen LogP contribution is -2.09. The summed E-state index contributed by atoms with van der Waals surface area (Å²) in [6, 6.07) is 23.7. The molecule has 14 nitrogen and oxygen atoms in total. The number of benzene rings is 4. The molecule has 0 radical (unpaired) electrons. The van der Waals surface area contributed by atoms with Gasteiger partial charge in [-0.3, -0.25) is 9.13 Å². The van der Waals surface area contributed by atoms with E-state index >= 15 is 0 Å². The van der Waals surface area contributed by atoms with E-state index in [0.717, 1.165) is 18.7 Å². The Balaban J connectivity index is 0.000000169. The standard InChI is InChI=1S/C21H17F3N6O.C20H17F3N6O/c22-12-3-8-15-16(9-12)30(19(27-15)11-1-2-11)21-28-17(25)10-18(29-21)26-13-4-6-14(7-5-13)31-20(23)24;1-2-18-26-14-8-3-11(21)9-15(14)29(18)20-27-16(24)10-17(28-20)25-12-4-6-13(7-5-12)30-19(22)23/h3-11,20H,1-2H2,(H3,25,26,28,29);3-10,19H,2H2,1H3,(H3,24,25,27,28). The molecule has 8 aromatic rings. The average molecular weight is 841 g/mol. The number of ether oxygens (including phenoxy) is 2. The van der Waals surface area contributed by atoms with Gasteiger partial charge >= 0.3 is 13.2 Å². The van der Waals surface area contributed by atoms with Crippen LogP contribution in [0.25, 0.3) is 34.0 Å². The third-order valence-corrected chi connectivity index (χ3v) is 9.16. The van der Waals surface area contributed by atoms with E-state index in [-0.39, 0.29) is 46.8 Å². The summed E-state index contributed by atoms with van der Waals surface area (Å²) >= 11 is 0. The highest BCUT2D eigenvalue weighted by atomic mass is 19.3. The van der Waals surface area contributed by atoms with Crippen LogP contribution in [0.4, 0.5) is 61.0 Å². The van der Waals surface area contributed by atoms with Crippen LogP contribution in [0.3, 0.4) is 0 Å². The topological polar surface area (TPSA) is 182 Å². The minimum Gasteiger partial charge on any atom is -0.435 e. The molecular weight excluding hydrogens is 807 g/mol. The molecule has 0 atom stereocenters. The van der Waals surface area contributed by atoms with Crippen molar-refractivity contribution in [3.63, 3.8) is 0 Å². The van der Waals surface area contributed by atoms with E-state index in [9.17, 15) is 26.3 Å². The molecule has 0 amide bonds. The number of nitrogens with zero attached hydrogens (tertiary/aromatic N) is 8. The SMILES string of the molecule is CCc1nc2ccc(F)cc2n1-c1nc(N)cc(Nc2ccc(OC(F)F)cc2)n1.Nc1cc(Nc2ccc(OC(F)F)cc2)nc(-n2c(C3CC3)nc3ccc(F)cc32)n1. The number of hydrogen-bond donors (Lipinski definition) is 4. The maximum absolute atomic E-state index is 13.9. The number of hydrogen-bond acceptors (Lipinski definition) is 12. The van der Waals surface area contributed by atoms with Crippen LogP contribution in [0.2, 0.25) is 0 Å². The van der Waals surface area contributed by atoms with Gasteiger partial charge in [-0.1, -0.05) is 6.92 Å². The Morgan fingerprint density at radius 2 is 1.07 bits per heavy atom. The number of nitrogen functional groups attached to an aromatic ring is 2. The third-order valence-electron chi connectivity index (χ3n) is 9.16. The van der Waals surface area contributed by atoms with Crippen molar-refractivity contribution in [2.24, 2.45) is 0 Å². The molecular formula is C41H34F6N12O2. The summed E-state index contributed by atoms with van der Waals surface area (Å²) in [4.78, 5) is 26.8. The number of aryl methyl sites for hydroxylation is 1. The Morgan fingerprint density at radius 3 is 1.52 bits per heavy atom. The number of imidazole rings is 2. The Morgan fingerprint density at radius 1 is 0.607 bits per heavy atom. The van der Waals surface area contributed by atoms with Crippen molar-refractivity contribution >= 4 is 56.7 Å². The summed E-state index contributed by atoms with van der Waals surface area (Å²) in [5, 5.41) is 6.11. The maximum atomic E-state index is 13.9. The first-order valence-electron chi connectivity index (χ1n) is 18.7. The number of halogens is 6. The highest BCUT2D eigenvalue weighted by Gasteiger charge is 2.31. The zero-order valence-corrected chi connectivity index (χ0v) is 31.9. The van der Waals surface area contributed by atoms with Crippen LogP contribution in [0.1, 0.15) is 37.3 Å². The van der Waals surface area contributed by atoms with Gasteiger partial charge in [-0.15, -0.1) is 0 Å². The lowest BCUT2D eigenvalue weighted by atomic mass is 10.3. The van der Waals surface area contributed by atoms with Gasteiger partial charge in [0.2, 0.25) is 11.9 Å². The molecule has 61 heavy (non-hydrogen) atoms. The largest absolute Gasteiger partial charge is 0.435 e. The van der Waals surface area contributed by atoms with Gasteiger partial charge in [0.1, 0.15) is 58.1 Å². The summed E-state index contributed by atoms with van der Waals surface area (Å²) in [5.74, 6) is 2.67. The minimum atomic E-state index is -2.89. The van der Waals surface area contributed by atoms with Gasteiger partial charge in [0.25, 0.3) is 0 Å². The number of nitrogens with one attached hydrogen (secondary N) is 2. The van der Waals surface area contributed by atoms with Gasteiger partial charge < -0.3 is 31.6 Å². The van der Waals surface area contributed by atoms with Gasteiger partial charge in [-0.2, -0.15) is 37.5 Å². The van der Waals surface area contributed by atoms with E-state index in [1.807, 2.05) is 6.92 Å². The lowest BCUT2D eigenvalue weighted by molar-refractivity contribution is -0.0505. The van der Waals surface area contributed by atoms with Gasteiger partial charge in [0, 0.05) is 48.0 Å². The summed E-state index contributed by atoms with van der Waals surface area (Å²) in [6.45, 7) is -3.86. The van der Waals surface area contributed by atoms with Crippen LogP contribution in [0.5, 0.6) is 11.5 Å². The van der Waals surface area contributed by atoms with E-state index in [1.165, 1.54) is 54.6 Å². The number of alkyl halides is 4. The average Bonchev–Trinajstić information content (AvgIpc) is 3.89. The Kier molecular flexibility index (Phi) is 11.1. The van der Waals surface area contributed by atoms with Gasteiger partial charge in [-0.25, -0.2) is 18.7 Å². The number of aromatic nitrogens is 8. The molecule has 0 unspecified atom stereocenters. The van der Waals surface area contributed by atoms with Crippen LogP contribution >= 0.6 is 0 Å². The van der Waals surface area contributed by atoms with Crippen LogP contribution in [0.15, 0.2) is 97.1 Å². The zero-order chi connectivity index (χ0) is 42.8. The number of nitrogens with two attached hydrogens (primary N) is 2. The molecule has 0 aliphatic heterocycles. The Hall–Kier alpha value is -7.64. The van der Waals surface area contributed by atoms with E-state index < -0.39 is 19.0 Å². The van der Waals surface area contributed by atoms with Crippen LogP contribution in [0, 0.1) is 11.6 Å². The molecule has 312 valence electrons. The predicted molar refractivity (Wildman–Crippen MR) is 216 cm³/mol. The Labute approximate surface area is 342 Å². The fraction of sp³-hybridized carbons (Fsp3) is 0.171. The molecule has 20 heteroatoms. The normalized spacial score (nSPS) is 12.5. The van der Waals surface area contributed by atoms with E-state index in [2.05, 4.69) is 50.0 Å². The maximum Gasteiger partial charge on any atom is 0.387 e. The zero-order valence-electron chi connectivity index (χ0n) is 31.9. The van der Waals surface area contributed by atoms with Gasteiger partial charge in [0.15, 0.2) is 0 Å². The molecule has 4 aromatic carbocycles. The van der Waals surface area contributed by atoms with Crippen molar-refractivity contribution in [1.29, 1.82) is 0 Å². The molecule has 0 bridgehead atoms. The predicted octanol–water partition coefficient (Wildman–Crippen LogP) is 9.20. The molecule has 4 heterocycles. The molecule has 6 N–H and O–H groups in total. The molecule has 4 aromatic heterocycles. The molecule has 9 rings (SSSR count). The highest BCUT2D eigenvalue weighted by Crippen LogP contribution is 2.41. The fourth-order valence-electron chi connectivity index (χ4n) is 6.42. The van der Waals surface area contributed by atoms with Gasteiger partial charge in [-0.05, 0) is 85.6 Å². The smallest absolute Gasteiger partial charge is 0.387 e. The Bertz CT molecular complexity index is 2830.